The fourth-order valence-corrected chi connectivity index (χ4v) is 3.25. The van der Waals surface area contributed by atoms with E-state index in [2.05, 4.69) is 59.5 Å². The molecule has 91 valence electrons. The van der Waals surface area contributed by atoms with Crippen molar-refractivity contribution in [3.8, 4) is 11.3 Å². The Kier molecular flexibility index (Phi) is 2.84. The minimum absolute atomic E-state index is 0.166. The molecule has 2 aromatic heterocycles. The molecule has 0 bridgehead atoms. The zero-order chi connectivity index (χ0) is 12.5. The summed E-state index contributed by atoms with van der Waals surface area (Å²) in [5.41, 5.74) is 3.32. The molecular weight excluding hydrogens is 240 g/mol. The van der Waals surface area contributed by atoms with Gasteiger partial charge in [0.05, 0.1) is 5.03 Å². The molecule has 0 aliphatic heterocycles. The summed E-state index contributed by atoms with van der Waals surface area (Å²) in [4.78, 5) is 4.77. The van der Waals surface area contributed by atoms with Crippen LogP contribution < -0.4 is 0 Å². The number of fused-ring (bicyclic) bond motifs is 1. The van der Waals surface area contributed by atoms with E-state index in [9.17, 15) is 0 Å². The number of benzene rings is 1. The third kappa shape index (κ3) is 1.81. The maximum atomic E-state index is 4.77. The Bertz CT molecular complexity index is 671. The number of hydrogen-bond donors (Lipinski definition) is 0. The number of pyridine rings is 1. The van der Waals surface area contributed by atoms with Gasteiger partial charge in [0.15, 0.2) is 0 Å². The Labute approximate surface area is 110 Å². The van der Waals surface area contributed by atoms with Gasteiger partial charge >= 0.3 is 0 Å². The van der Waals surface area contributed by atoms with Crippen molar-refractivity contribution in [2.75, 3.05) is 12.5 Å². The standard InChI is InChI=1S/C15H15N2S/c1-18(2)15-14(12-8-4-3-5-9-12)16-13-10-6-7-11-17(13)15/h3-11H,1-2H3. The van der Waals surface area contributed by atoms with Gasteiger partial charge in [0.1, 0.15) is 11.3 Å². The first-order valence-electron chi connectivity index (χ1n) is 5.87. The Morgan fingerprint density at radius 1 is 0.944 bits per heavy atom. The molecule has 0 fully saturated rings. The van der Waals surface area contributed by atoms with E-state index >= 15 is 0 Å². The lowest BCUT2D eigenvalue weighted by Crippen LogP contribution is -1.90. The molecule has 3 aromatic rings. The van der Waals surface area contributed by atoms with Crippen LogP contribution in [0.5, 0.6) is 0 Å². The summed E-state index contributed by atoms with van der Waals surface area (Å²) in [5.74, 6) is 0. The summed E-state index contributed by atoms with van der Waals surface area (Å²) in [6.07, 6.45) is 6.57. The van der Waals surface area contributed by atoms with E-state index in [4.69, 9.17) is 4.98 Å². The zero-order valence-electron chi connectivity index (χ0n) is 10.5. The van der Waals surface area contributed by atoms with E-state index in [1.165, 1.54) is 10.6 Å². The highest BCUT2D eigenvalue weighted by atomic mass is 32.2. The van der Waals surface area contributed by atoms with Gasteiger partial charge < -0.3 is 0 Å². The van der Waals surface area contributed by atoms with Crippen LogP contribution in [0.3, 0.4) is 0 Å². The van der Waals surface area contributed by atoms with Crippen LogP contribution in [0.4, 0.5) is 0 Å². The fourth-order valence-electron chi connectivity index (χ4n) is 2.15. The molecule has 0 N–H and O–H groups in total. The first-order valence-corrected chi connectivity index (χ1v) is 7.91. The van der Waals surface area contributed by atoms with E-state index < -0.39 is 0 Å². The van der Waals surface area contributed by atoms with Crippen LogP contribution in [0.15, 0.2) is 59.8 Å². The van der Waals surface area contributed by atoms with Crippen LogP contribution in [0.2, 0.25) is 0 Å². The van der Waals surface area contributed by atoms with Crippen molar-refractivity contribution in [2.45, 2.75) is 5.03 Å². The Hall–Kier alpha value is -1.74. The molecule has 0 saturated heterocycles. The highest BCUT2D eigenvalue weighted by Gasteiger charge is 2.15. The highest BCUT2D eigenvalue weighted by Crippen LogP contribution is 2.37. The largest absolute Gasteiger partial charge is 0.295 e. The number of rotatable bonds is 2. The molecule has 0 spiro atoms. The lowest BCUT2D eigenvalue weighted by Gasteiger charge is -2.10. The third-order valence-corrected chi connectivity index (χ3v) is 4.08. The summed E-state index contributed by atoms with van der Waals surface area (Å²) in [6, 6.07) is 16.6. The molecule has 0 saturated carbocycles. The number of aromatic nitrogens is 2. The van der Waals surface area contributed by atoms with Crippen molar-refractivity contribution in [1.82, 2.24) is 9.38 Å². The van der Waals surface area contributed by atoms with Gasteiger partial charge in [0, 0.05) is 11.8 Å². The lowest BCUT2D eigenvalue weighted by atomic mass is 10.2. The van der Waals surface area contributed by atoms with E-state index in [1.807, 2.05) is 12.1 Å². The van der Waals surface area contributed by atoms with Gasteiger partial charge in [-0.2, -0.15) is 10.9 Å². The number of hydrogen-bond acceptors (Lipinski definition) is 1. The van der Waals surface area contributed by atoms with Gasteiger partial charge in [-0.15, -0.1) is 0 Å². The second kappa shape index (κ2) is 4.50. The Balaban J connectivity index is 2.32. The second-order valence-corrected chi connectivity index (χ2v) is 6.40. The van der Waals surface area contributed by atoms with Crippen molar-refractivity contribution in [1.29, 1.82) is 0 Å². The first kappa shape index (κ1) is 11.4. The fraction of sp³-hybridized carbons (Fsp3) is 0.133. The minimum Gasteiger partial charge on any atom is -0.295 e. The molecule has 3 heteroatoms. The van der Waals surface area contributed by atoms with Crippen LogP contribution in [-0.4, -0.2) is 21.9 Å². The number of nitrogens with zero attached hydrogens (tertiary/aromatic N) is 2. The Morgan fingerprint density at radius 2 is 1.67 bits per heavy atom. The normalized spacial score (nSPS) is 11.3. The van der Waals surface area contributed by atoms with Crippen LogP contribution in [-0.2, 0) is 0 Å². The minimum atomic E-state index is 0.166. The molecule has 0 unspecified atom stereocenters. The molecule has 2 nitrogen and oxygen atoms in total. The van der Waals surface area contributed by atoms with E-state index in [-0.39, 0.29) is 10.9 Å². The third-order valence-electron chi connectivity index (χ3n) is 2.92. The summed E-state index contributed by atoms with van der Waals surface area (Å²) >= 11 is 0. The van der Waals surface area contributed by atoms with Crippen LogP contribution >= 0.6 is 10.9 Å². The first-order chi connectivity index (χ1) is 8.77. The second-order valence-electron chi connectivity index (χ2n) is 4.38. The van der Waals surface area contributed by atoms with E-state index in [1.54, 1.807) is 0 Å². The topological polar surface area (TPSA) is 17.3 Å². The number of imidazole rings is 1. The van der Waals surface area contributed by atoms with Crippen molar-refractivity contribution in [3.05, 3.63) is 54.7 Å². The van der Waals surface area contributed by atoms with Gasteiger partial charge in [-0.1, -0.05) is 36.4 Å². The van der Waals surface area contributed by atoms with Crippen molar-refractivity contribution in [2.24, 2.45) is 0 Å². The monoisotopic (exact) mass is 255 g/mol. The smallest absolute Gasteiger partial charge is 0.138 e. The quantitative estimate of drug-likeness (QED) is 0.679. The molecule has 3 rings (SSSR count). The van der Waals surface area contributed by atoms with Crippen LogP contribution in [0.1, 0.15) is 0 Å². The molecular formula is C15H15N2S. The van der Waals surface area contributed by atoms with Gasteiger partial charge in [-0.05, 0) is 24.6 Å². The van der Waals surface area contributed by atoms with Gasteiger partial charge in [0.25, 0.3) is 0 Å². The predicted octanol–water partition coefficient (Wildman–Crippen LogP) is 3.89. The Morgan fingerprint density at radius 3 is 2.39 bits per heavy atom. The molecule has 18 heavy (non-hydrogen) atoms. The van der Waals surface area contributed by atoms with Gasteiger partial charge in [-0.3, -0.25) is 4.40 Å². The average molecular weight is 255 g/mol. The van der Waals surface area contributed by atoms with Gasteiger partial charge in [0.2, 0.25) is 0 Å². The predicted molar refractivity (Wildman–Crippen MR) is 78.3 cm³/mol. The molecule has 2 heterocycles. The SMILES string of the molecule is C[S](C)c1c(-c2ccccc2)nc2ccccn12. The molecule has 0 aliphatic rings. The van der Waals surface area contributed by atoms with Crippen LogP contribution in [0, 0.1) is 0 Å². The lowest BCUT2D eigenvalue weighted by molar-refractivity contribution is 1.05. The van der Waals surface area contributed by atoms with Crippen molar-refractivity contribution >= 4 is 16.5 Å². The summed E-state index contributed by atoms with van der Waals surface area (Å²) in [7, 11) is 0.166. The molecule has 0 amide bonds. The van der Waals surface area contributed by atoms with E-state index in [0.29, 0.717) is 0 Å². The molecule has 0 aliphatic carbocycles. The average Bonchev–Trinajstić information content (AvgIpc) is 2.79. The summed E-state index contributed by atoms with van der Waals surface area (Å²) in [6.45, 7) is 0. The highest BCUT2D eigenvalue weighted by molar-refractivity contribution is 8.15. The molecule has 1 aromatic carbocycles. The molecule has 0 atom stereocenters. The van der Waals surface area contributed by atoms with Crippen molar-refractivity contribution in [3.63, 3.8) is 0 Å². The maximum Gasteiger partial charge on any atom is 0.138 e. The molecule has 1 radical (unpaired) electrons. The summed E-state index contributed by atoms with van der Waals surface area (Å²) < 4.78 is 2.20. The maximum absolute atomic E-state index is 4.77. The van der Waals surface area contributed by atoms with Crippen molar-refractivity contribution < 1.29 is 0 Å². The summed E-state index contributed by atoms with van der Waals surface area (Å²) in [5, 5.41) is 1.30. The van der Waals surface area contributed by atoms with Gasteiger partial charge in [-0.25, -0.2) is 4.98 Å². The van der Waals surface area contributed by atoms with E-state index in [0.717, 1.165) is 11.3 Å². The zero-order valence-corrected chi connectivity index (χ0v) is 11.3. The van der Waals surface area contributed by atoms with Crippen LogP contribution in [0.25, 0.3) is 16.9 Å².